The summed E-state index contributed by atoms with van der Waals surface area (Å²) in [6.45, 7) is 6.02. The van der Waals surface area contributed by atoms with Crippen molar-refractivity contribution >= 4 is 23.3 Å². The van der Waals surface area contributed by atoms with E-state index in [1.807, 2.05) is 26.8 Å². The molecule has 6 rings (SSSR count). The Morgan fingerprint density at radius 3 is 2.38 bits per heavy atom. The molecule has 4 fully saturated rings. The second-order valence-corrected chi connectivity index (χ2v) is 10.3. The maximum atomic E-state index is 13.4. The van der Waals surface area contributed by atoms with Gasteiger partial charge in [-0.25, -0.2) is 9.50 Å². The summed E-state index contributed by atoms with van der Waals surface area (Å²) in [5.74, 6) is 3.46. The lowest BCUT2D eigenvalue weighted by Gasteiger charge is -2.56. The third-order valence-electron chi connectivity index (χ3n) is 6.81. The maximum absolute atomic E-state index is 13.4. The van der Waals surface area contributed by atoms with E-state index >= 15 is 0 Å². The van der Waals surface area contributed by atoms with Gasteiger partial charge in [-0.15, -0.1) is 5.10 Å². The molecule has 4 aliphatic rings. The number of hydrogen-bond acceptors (Lipinski definition) is 5. The van der Waals surface area contributed by atoms with Crippen LogP contribution in [0.15, 0.2) is 11.2 Å². The van der Waals surface area contributed by atoms with E-state index in [1.165, 1.54) is 31.0 Å². The second kappa shape index (κ2) is 5.78. The number of hydrogen-bond donors (Lipinski definition) is 0. The molecule has 6 heteroatoms. The van der Waals surface area contributed by atoms with Crippen LogP contribution >= 0.6 is 11.8 Å². The highest BCUT2D eigenvalue weighted by Crippen LogP contribution is 2.61. The number of fused-ring (bicyclic) bond motifs is 1. The molecule has 1 atom stereocenters. The van der Waals surface area contributed by atoms with E-state index in [-0.39, 0.29) is 10.7 Å². The Balaban J connectivity index is 1.38. The molecule has 0 radical (unpaired) electrons. The number of thioether (sulfide) groups is 1. The summed E-state index contributed by atoms with van der Waals surface area (Å²) in [5, 5.41) is 5.15. The van der Waals surface area contributed by atoms with Gasteiger partial charge in [0.05, 0.1) is 5.25 Å². The van der Waals surface area contributed by atoms with Crippen molar-refractivity contribution in [3.8, 4) is 0 Å². The van der Waals surface area contributed by atoms with Gasteiger partial charge >= 0.3 is 0 Å². The zero-order valence-electron chi connectivity index (χ0n) is 15.7. The molecule has 2 aromatic heterocycles. The quantitative estimate of drug-likeness (QED) is 0.761. The molecule has 0 aromatic carbocycles. The molecule has 0 N–H and O–H groups in total. The zero-order valence-corrected chi connectivity index (χ0v) is 16.6. The average Bonchev–Trinajstić information content (AvgIpc) is 2.95. The Morgan fingerprint density at radius 2 is 1.77 bits per heavy atom. The third-order valence-corrected chi connectivity index (χ3v) is 7.76. The van der Waals surface area contributed by atoms with Crippen LogP contribution in [-0.2, 0) is 4.79 Å². The van der Waals surface area contributed by atoms with Crippen molar-refractivity contribution in [2.75, 3.05) is 0 Å². The zero-order chi connectivity index (χ0) is 18.1. The van der Waals surface area contributed by atoms with Gasteiger partial charge in [-0.3, -0.25) is 4.79 Å². The highest BCUT2D eigenvalue weighted by atomic mass is 32.2. The van der Waals surface area contributed by atoms with Crippen LogP contribution in [0.4, 0.5) is 0 Å². The van der Waals surface area contributed by atoms with Gasteiger partial charge in [0, 0.05) is 16.8 Å². The predicted octanol–water partition coefficient (Wildman–Crippen LogP) is 4.01. The highest BCUT2D eigenvalue weighted by molar-refractivity contribution is 8.00. The molecule has 0 aliphatic heterocycles. The summed E-state index contributed by atoms with van der Waals surface area (Å²) < 4.78 is 1.78. The molecule has 4 bridgehead atoms. The minimum absolute atomic E-state index is 0.0505. The number of Topliss-reactive ketones (excluding diaryl/α,β-unsaturated/α-hetero) is 1. The number of nitrogens with zero attached hydrogens (tertiary/aromatic N) is 4. The summed E-state index contributed by atoms with van der Waals surface area (Å²) in [7, 11) is 0. The van der Waals surface area contributed by atoms with Crippen molar-refractivity contribution < 1.29 is 4.79 Å². The summed E-state index contributed by atoms with van der Waals surface area (Å²) in [4.78, 5) is 22.4. The fraction of sp³-hybridized carbons (Fsp3) is 0.700. The van der Waals surface area contributed by atoms with Crippen LogP contribution in [0.25, 0.3) is 5.78 Å². The average molecular weight is 371 g/mol. The van der Waals surface area contributed by atoms with E-state index in [9.17, 15) is 4.79 Å². The number of ketones is 1. The van der Waals surface area contributed by atoms with E-state index in [0.29, 0.717) is 16.7 Å². The molecule has 138 valence electrons. The first kappa shape index (κ1) is 16.7. The molecule has 0 saturated heterocycles. The van der Waals surface area contributed by atoms with Crippen molar-refractivity contribution in [2.24, 2.45) is 23.2 Å². The van der Waals surface area contributed by atoms with Crippen molar-refractivity contribution in [1.82, 2.24) is 19.6 Å². The fourth-order valence-corrected chi connectivity index (χ4v) is 7.19. The van der Waals surface area contributed by atoms with Crippen LogP contribution in [0.2, 0.25) is 0 Å². The van der Waals surface area contributed by atoms with Crippen molar-refractivity contribution in [1.29, 1.82) is 0 Å². The number of carbonyl (C=O) groups excluding carboxylic acids is 1. The molecule has 26 heavy (non-hydrogen) atoms. The molecule has 4 saturated carbocycles. The summed E-state index contributed by atoms with van der Waals surface area (Å²) in [6.07, 6.45) is 7.48. The van der Waals surface area contributed by atoms with Crippen molar-refractivity contribution in [3.05, 3.63) is 17.5 Å². The van der Waals surface area contributed by atoms with Crippen molar-refractivity contribution in [3.63, 3.8) is 0 Å². The molecular weight excluding hydrogens is 344 g/mol. The normalized spacial score (nSPS) is 33.7. The molecule has 5 nitrogen and oxygen atoms in total. The van der Waals surface area contributed by atoms with Gasteiger partial charge in [0.25, 0.3) is 5.78 Å². The van der Waals surface area contributed by atoms with Crippen molar-refractivity contribution in [2.45, 2.75) is 69.7 Å². The van der Waals surface area contributed by atoms with E-state index in [1.54, 1.807) is 4.52 Å². The Morgan fingerprint density at radius 1 is 1.15 bits per heavy atom. The van der Waals surface area contributed by atoms with Gasteiger partial charge in [-0.2, -0.15) is 4.98 Å². The SMILES string of the molecule is Cc1cc(C)n2nc(SC(C)C(=O)C34CC5CC(CC(C5)C3)C4)nc2n1. The number of aromatic nitrogens is 4. The van der Waals surface area contributed by atoms with E-state index < -0.39 is 0 Å². The minimum atomic E-state index is -0.0925. The largest absolute Gasteiger partial charge is 0.298 e. The van der Waals surface area contributed by atoms with Crippen LogP contribution in [-0.4, -0.2) is 30.6 Å². The second-order valence-electron chi connectivity index (χ2n) is 8.97. The Bertz CT molecular complexity index is 854. The topological polar surface area (TPSA) is 60.2 Å². The van der Waals surface area contributed by atoms with Gasteiger partial charge in [-0.1, -0.05) is 11.8 Å². The number of carbonyl (C=O) groups is 1. The Kier molecular flexibility index (Phi) is 3.72. The van der Waals surface area contributed by atoms with Crippen LogP contribution in [0.5, 0.6) is 0 Å². The summed E-state index contributed by atoms with van der Waals surface area (Å²) in [5.41, 5.74) is 1.91. The predicted molar refractivity (Wildman–Crippen MR) is 101 cm³/mol. The standard InChI is InChI=1S/C20H26N4OS/c1-11-4-12(2)24-18(21-11)22-19(23-24)26-13(3)17(25)20-8-14-5-15(9-20)7-16(6-14)10-20/h4,13-16H,5-10H2,1-3H3. The smallest absolute Gasteiger partial charge is 0.253 e. The lowest BCUT2D eigenvalue weighted by Crippen LogP contribution is -2.51. The van der Waals surface area contributed by atoms with E-state index in [2.05, 4.69) is 15.1 Å². The lowest BCUT2D eigenvalue weighted by atomic mass is 9.48. The van der Waals surface area contributed by atoms with E-state index in [0.717, 1.165) is 48.4 Å². The molecule has 2 aromatic rings. The number of rotatable bonds is 4. The minimum Gasteiger partial charge on any atom is -0.298 e. The number of aryl methyl sites for hydroxylation is 2. The third kappa shape index (κ3) is 2.60. The van der Waals surface area contributed by atoms with Crippen LogP contribution in [0, 0.1) is 37.0 Å². The highest BCUT2D eigenvalue weighted by Gasteiger charge is 2.55. The molecule has 4 aliphatic carbocycles. The van der Waals surface area contributed by atoms with Gasteiger partial charge in [0.1, 0.15) is 0 Å². The monoisotopic (exact) mass is 370 g/mol. The molecule has 0 amide bonds. The summed E-state index contributed by atoms with van der Waals surface area (Å²) in [6, 6.07) is 2.00. The Labute approximate surface area is 158 Å². The van der Waals surface area contributed by atoms with Crippen LogP contribution < -0.4 is 0 Å². The maximum Gasteiger partial charge on any atom is 0.253 e. The van der Waals surface area contributed by atoms with E-state index in [4.69, 9.17) is 0 Å². The molecular formula is C20H26N4OS. The first-order chi connectivity index (χ1) is 12.4. The van der Waals surface area contributed by atoms with Gasteiger partial charge in [-0.05, 0) is 83.1 Å². The van der Waals surface area contributed by atoms with Gasteiger partial charge in [0.2, 0.25) is 5.16 Å². The lowest BCUT2D eigenvalue weighted by molar-refractivity contribution is -0.142. The fourth-order valence-electron chi connectivity index (χ4n) is 6.25. The molecule has 0 spiro atoms. The first-order valence-electron chi connectivity index (χ1n) is 9.84. The molecule has 2 heterocycles. The first-order valence-corrected chi connectivity index (χ1v) is 10.7. The molecule has 1 unspecified atom stereocenters. The van der Waals surface area contributed by atoms with Gasteiger partial charge in [0.15, 0.2) is 5.78 Å². The van der Waals surface area contributed by atoms with Crippen LogP contribution in [0.3, 0.4) is 0 Å². The Hall–Kier alpha value is -1.43. The van der Waals surface area contributed by atoms with Crippen LogP contribution in [0.1, 0.15) is 56.8 Å². The van der Waals surface area contributed by atoms with Gasteiger partial charge < -0.3 is 0 Å². The summed E-state index contributed by atoms with van der Waals surface area (Å²) >= 11 is 1.51.